The van der Waals surface area contributed by atoms with Crippen LogP contribution in [-0.2, 0) is 29.2 Å². The van der Waals surface area contributed by atoms with Gasteiger partial charge < -0.3 is 4.74 Å². The molecule has 36 heavy (non-hydrogen) atoms. The summed E-state index contributed by atoms with van der Waals surface area (Å²) in [4.78, 5) is 22.0. The summed E-state index contributed by atoms with van der Waals surface area (Å²) < 4.78 is 55.6. The van der Waals surface area contributed by atoms with Crippen molar-refractivity contribution >= 4 is 52.3 Å². The number of ether oxygens (including phenoxy) is 1. The van der Waals surface area contributed by atoms with Gasteiger partial charge in [-0.15, -0.1) is 0 Å². The van der Waals surface area contributed by atoms with Crippen LogP contribution in [0.3, 0.4) is 0 Å². The number of carbonyl (C=O) groups excluding carboxylic acids is 1. The Labute approximate surface area is 215 Å². The van der Waals surface area contributed by atoms with Gasteiger partial charge in [-0.05, 0) is 37.3 Å². The highest BCUT2D eigenvalue weighted by molar-refractivity contribution is 7.91. The molecule has 0 unspecified atom stereocenters. The number of fused-ring (bicyclic) bond motifs is 1. The van der Waals surface area contributed by atoms with E-state index in [-0.39, 0.29) is 27.9 Å². The minimum Gasteiger partial charge on any atom is -0.379 e. The van der Waals surface area contributed by atoms with Crippen molar-refractivity contribution in [3.05, 3.63) is 48.0 Å². The summed E-state index contributed by atoms with van der Waals surface area (Å²) in [6, 6.07) is 11.2. The van der Waals surface area contributed by atoms with Gasteiger partial charge in [0.2, 0.25) is 5.91 Å². The number of aromatic nitrogens is 1. The van der Waals surface area contributed by atoms with Crippen molar-refractivity contribution in [3.8, 4) is 0 Å². The zero-order valence-corrected chi connectivity index (χ0v) is 22.7. The van der Waals surface area contributed by atoms with E-state index in [9.17, 15) is 21.6 Å². The summed E-state index contributed by atoms with van der Waals surface area (Å²) in [6.45, 7) is 5.55. The van der Waals surface area contributed by atoms with E-state index in [2.05, 4.69) is 9.88 Å². The lowest BCUT2D eigenvalue weighted by atomic mass is 10.2. The molecule has 0 bridgehead atoms. The van der Waals surface area contributed by atoms with Crippen LogP contribution < -0.4 is 4.90 Å². The lowest BCUT2D eigenvalue weighted by Gasteiger charge is -2.29. The van der Waals surface area contributed by atoms with Crippen LogP contribution in [0.5, 0.6) is 0 Å². The van der Waals surface area contributed by atoms with E-state index >= 15 is 0 Å². The number of sulfone groups is 2. The number of thiazole rings is 1. The van der Waals surface area contributed by atoms with Gasteiger partial charge in [-0.2, -0.15) is 0 Å². The maximum Gasteiger partial charge on any atom is 0.229 e. The van der Waals surface area contributed by atoms with Crippen molar-refractivity contribution in [1.82, 2.24) is 9.88 Å². The Morgan fingerprint density at radius 3 is 2.39 bits per heavy atom. The molecule has 0 saturated carbocycles. The minimum absolute atomic E-state index is 0.181. The molecule has 12 heteroatoms. The Hall–Kier alpha value is -2.38. The van der Waals surface area contributed by atoms with Crippen molar-refractivity contribution in [2.24, 2.45) is 0 Å². The van der Waals surface area contributed by atoms with Crippen LogP contribution in [0.2, 0.25) is 0 Å². The van der Waals surface area contributed by atoms with Gasteiger partial charge >= 0.3 is 0 Å². The molecular formula is C24H29N3O6S3. The molecule has 1 fully saturated rings. The van der Waals surface area contributed by atoms with Gasteiger partial charge in [0.05, 0.1) is 39.0 Å². The first-order chi connectivity index (χ1) is 17.0. The van der Waals surface area contributed by atoms with E-state index in [1.54, 1.807) is 36.4 Å². The monoisotopic (exact) mass is 551 g/mol. The summed E-state index contributed by atoms with van der Waals surface area (Å²) >= 11 is 1.22. The maximum atomic E-state index is 13.3. The Balaban J connectivity index is 1.56. The van der Waals surface area contributed by atoms with E-state index in [1.165, 1.54) is 22.3 Å². The quantitative estimate of drug-likeness (QED) is 0.399. The van der Waals surface area contributed by atoms with Crippen LogP contribution in [0.25, 0.3) is 10.2 Å². The van der Waals surface area contributed by atoms with E-state index in [4.69, 9.17) is 4.74 Å². The van der Waals surface area contributed by atoms with Gasteiger partial charge in [-0.1, -0.05) is 29.0 Å². The van der Waals surface area contributed by atoms with Gasteiger partial charge in [0.15, 0.2) is 24.8 Å². The van der Waals surface area contributed by atoms with Crippen LogP contribution in [0.1, 0.15) is 12.0 Å². The summed E-state index contributed by atoms with van der Waals surface area (Å²) in [7, 11) is -7.02. The van der Waals surface area contributed by atoms with Gasteiger partial charge in [-0.3, -0.25) is 14.6 Å². The van der Waals surface area contributed by atoms with E-state index in [0.29, 0.717) is 41.7 Å². The van der Waals surface area contributed by atoms with E-state index < -0.39 is 19.7 Å². The lowest BCUT2D eigenvalue weighted by Crippen LogP contribution is -2.43. The lowest BCUT2D eigenvalue weighted by molar-refractivity contribution is -0.118. The molecule has 2 heterocycles. The van der Waals surface area contributed by atoms with Crippen LogP contribution in [0.15, 0.2) is 52.3 Å². The minimum atomic E-state index is -3.63. The number of hydrogen-bond acceptors (Lipinski definition) is 9. The Bertz CT molecular complexity index is 1440. The number of nitrogens with zero attached hydrogens (tertiary/aromatic N) is 3. The summed E-state index contributed by atoms with van der Waals surface area (Å²) in [5, 5.41) is 0.418. The number of morpholine rings is 1. The first-order valence-electron chi connectivity index (χ1n) is 11.5. The second kappa shape index (κ2) is 10.9. The summed E-state index contributed by atoms with van der Waals surface area (Å²) in [6.07, 6.45) is 0.951. The fourth-order valence-electron chi connectivity index (χ4n) is 3.85. The summed E-state index contributed by atoms with van der Waals surface area (Å²) in [5.41, 5.74) is 1.54. The predicted octanol–water partition coefficient (Wildman–Crippen LogP) is 2.54. The first kappa shape index (κ1) is 26.7. The molecule has 9 nitrogen and oxygen atoms in total. The van der Waals surface area contributed by atoms with Crippen LogP contribution >= 0.6 is 11.3 Å². The van der Waals surface area contributed by atoms with Gasteiger partial charge in [0.1, 0.15) is 0 Å². The second-order valence-corrected chi connectivity index (χ2v) is 13.9. The Kier molecular flexibility index (Phi) is 8.10. The zero-order valence-electron chi connectivity index (χ0n) is 20.2. The fourth-order valence-corrected chi connectivity index (χ4v) is 6.85. The molecule has 2 aromatic carbocycles. The zero-order chi connectivity index (χ0) is 25.9. The molecule has 1 aromatic heterocycles. The predicted molar refractivity (Wildman–Crippen MR) is 140 cm³/mol. The highest BCUT2D eigenvalue weighted by Crippen LogP contribution is 2.31. The molecule has 1 saturated heterocycles. The normalized spacial score (nSPS) is 15.3. The molecule has 1 aliphatic heterocycles. The van der Waals surface area contributed by atoms with Crippen LogP contribution in [0, 0.1) is 6.92 Å². The fraction of sp³-hybridized carbons (Fsp3) is 0.417. The molecule has 0 spiro atoms. The third-order valence-corrected chi connectivity index (χ3v) is 9.90. The molecule has 1 aliphatic rings. The maximum absolute atomic E-state index is 13.3. The largest absolute Gasteiger partial charge is 0.379 e. The molecule has 0 N–H and O–H groups in total. The number of anilines is 1. The van der Waals surface area contributed by atoms with E-state index in [1.807, 2.05) is 6.92 Å². The molecule has 1 amide bonds. The van der Waals surface area contributed by atoms with Crippen LogP contribution in [0.4, 0.5) is 5.13 Å². The Morgan fingerprint density at radius 1 is 1.06 bits per heavy atom. The molecule has 194 valence electrons. The van der Waals surface area contributed by atoms with Crippen LogP contribution in [-0.4, -0.2) is 84.0 Å². The highest BCUT2D eigenvalue weighted by atomic mass is 32.2. The first-order valence-corrected chi connectivity index (χ1v) is 15.9. The van der Waals surface area contributed by atoms with Gasteiger partial charge in [-0.25, -0.2) is 21.8 Å². The van der Waals surface area contributed by atoms with Crippen molar-refractivity contribution in [3.63, 3.8) is 0 Å². The third kappa shape index (κ3) is 6.48. The van der Waals surface area contributed by atoms with Crippen molar-refractivity contribution in [2.45, 2.75) is 23.1 Å². The average molecular weight is 552 g/mol. The Morgan fingerprint density at radius 2 is 1.72 bits per heavy atom. The van der Waals surface area contributed by atoms with E-state index in [0.717, 1.165) is 24.9 Å². The number of hydrogen-bond donors (Lipinski definition) is 0. The molecule has 3 aromatic rings. The molecule has 0 radical (unpaired) electrons. The number of benzene rings is 2. The highest BCUT2D eigenvalue weighted by Gasteiger charge is 2.24. The topological polar surface area (TPSA) is 114 Å². The average Bonchev–Trinajstić information content (AvgIpc) is 3.26. The number of rotatable bonds is 9. The molecule has 0 atom stereocenters. The van der Waals surface area contributed by atoms with Crippen molar-refractivity contribution in [2.75, 3.05) is 56.3 Å². The molecule has 4 rings (SSSR count). The van der Waals surface area contributed by atoms with Gasteiger partial charge in [0.25, 0.3) is 0 Å². The standard InChI is InChI=1S/C24H29N3O6S3/c1-18-3-5-19(6-4-18)36(31,32)16-9-23(28)27(11-10-26-12-14-33-15-13-26)24-25-21-8-7-20(35(2,29)30)17-22(21)34-24/h3-8,17H,9-16H2,1-2H3. The molecule has 0 aliphatic carbocycles. The van der Waals surface area contributed by atoms with Crippen molar-refractivity contribution in [1.29, 1.82) is 0 Å². The smallest absolute Gasteiger partial charge is 0.229 e. The summed E-state index contributed by atoms with van der Waals surface area (Å²) in [5.74, 6) is -0.659. The second-order valence-electron chi connectivity index (χ2n) is 8.78. The van der Waals surface area contributed by atoms with Gasteiger partial charge in [0, 0.05) is 38.9 Å². The number of carbonyl (C=O) groups is 1. The number of amides is 1. The third-order valence-electron chi connectivity index (χ3n) is 6.02. The SMILES string of the molecule is Cc1ccc(S(=O)(=O)CCC(=O)N(CCN2CCOCC2)c2nc3ccc(S(C)(=O)=O)cc3s2)cc1. The van der Waals surface area contributed by atoms with Crippen molar-refractivity contribution < 1.29 is 26.4 Å². The molecular weight excluding hydrogens is 522 g/mol. The number of aryl methyl sites for hydroxylation is 1.